The van der Waals surface area contributed by atoms with E-state index in [1.807, 2.05) is 13.8 Å². The lowest BCUT2D eigenvalue weighted by atomic mass is 9.98. The van der Waals surface area contributed by atoms with Crippen LogP contribution in [-0.4, -0.2) is 44.9 Å². The summed E-state index contributed by atoms with van der Waals surface area (Å²) in [7, 11) is -3.27. The van der Waals surface area contributed by atoms with Crippen molar-refractivity contribution in [3.8, 4) is 0 Å². The molecule has 6 heteroatoms. The Morgan fingerprint density at radius 2 is 1.89 bits per heavy atom. The highest BCUT2D eigenvalue weighted by molar-refractivity contribution is 7.87. The molecule has 1 fully saturated rings. The molecule has 1 aliphatic heterocycles. The molecule has 0 aromatic heterocycles. The summed E-state index contributed by atoms with van der Waals surface area (Å²) in [6.45, 7) is 9.19. The predicted molar refractivity (Wildman–Crippen MR) is 74.6 cm³/mol. The van der Waals surface area contributed by atoms with Crippen molar-refractivity contribution in [2.24, 2.45) is 5.92 Å². The molecule has 0 amide bonds. The minimum absolute atomic E-state index is 0.0426. The van der Waals surface area contributed by atoms with Gasteiger partial charge in [0.25, 0.3) is 10.2 Å². The van der Waals surface area contributed by atoms with Gasteiger partial charge in [-0.15, -0.1) is 0 Å². The van der Waals surface area contributed by atoms with Crippen molar-refractivity contribution >= 4 is 10.2 Å². The van der Waals surface area contributed by atoms with E-state index in [-0.39, 0.29) is 6.04 Å². The van der Waals surface area contributed by atoms with Crippen molar-refractivity contribution in [2.75, 3.05) is 26.2 Å². The number of nitrogens with one attached hydrogen (secondary N) is 2. The largest absolute Gasteiger partial charge is 0.316 e. The van der Waals surface area contributed by atoms with Crippen molar-refractivity contribution in [3.05, 3.63) is 0 Å². The van der Waals surface area contributed by atoms with Crippen molar-refractivity contribution in [3.63, 3.8) is 0 Å². The zero-order chi connectivity index (χ0) is 13.6. The summed E-state index contributed by atoms with van der Waals surface area (Å²) in [6.07, 6.45) is 3.05. The normalized spacial score (nSPS) is 19.6. The lowest BCUT2D eigenvalue weighted by molar-refractivity contribution is 0.264. The van der Waals surface area contributed by atoms with Gasteiger partial charge >= 0.3 is 0 Å². The molecule has 0 spiro atoms. The Labute approximate surface area is 112 Å². The van der Waals surface area contributed by atoms with Crippen molar-refractivity contribution in [2.45, 2.75) is 46.1 Å². The molecule has 0 bridgehead atoms. The molecule has 2 N–H and O–H groups in total. The maximum atomic E-state index is 12.0. The molecule has 1 saturated heterocycles. The predicted octanol–water partition coefficient (Wildman–Crippen LogP) is 0.941. The smallest absolute Gasteiger partial charge is 0.279 e. The van der Waals surface area contributed by atoms with Gasteiger partial charge < -0.3 is 5.32 Å². The summed E-state index contributed by atoms with van der Waals surface area (Å²) in [5, 5.41) is 3.41. The first-order chi connectivity index (χ1) is 8.45. The maximum Gasteiger partial charge on any atom is 0.279 e. The number of hydrogen-bond donors (Lipinski definition) is 2. The minimum Gasteiger partial charge on any atom is -0.316 e. The molecular formula is C12H27N3O2S. The van der Waals surface area contributed by atoms with E-state index in [0.717, 1.165) is 32.4 Å². The second-order valence-electron chi connectivity index (χ2n) is 5.32. The molecule has 0 atom stereocenters. The van der Waals surface area contributed by atoms with E-state index in [0.29, 0.717) is 19.0 Å². The third-order valence-corrected chi connectivity index (χ3v) is 4.97. The van der Waals surface area contributed by atoms with Crippen LogP contribution in [0.5, 0.6) is 0 Å². The Morgan fingerprint density at radius 3 is 2.39 bits per heavy atom. The third kappa shape index (κ3) is 5.22. The molecule has 0 aromatic rings. The van der Waals surface area contributed by atoms with E-state index in [1.54, 1.807) is 4.31 Å². The van der Waals surface area contributed by atoms with Gasteiger partial charge in [-0.05, 0) is 52.1 Å². The number of nitrogens with zero attached hydrogens (tertiary/aromatic N) is 1. The molecule has 18 heavy (non-hydrogen) atoms. The van der Waals surface area contributed by atoms with Gasteiger partial charge in [0.05, 0.1) is 0 Å². The van der Waals surface area contributed by atoms with E-state index in [1.165, 1.54) is 0 Å². The minimum atomic E-state index is -3.27. The average molecular weight is 277 g/mol. The number of hydrogen-bond acceptors (Lipinski definition) is 3. The van der Waals surface area contributed by atoms with Gasteiger partial charge in [-0.2, -0.15) is 17.4 Å². The van der Waals surface area contributed by atoms with Gasteiger partial charge in [0.1, 0.15) is 0 Å². The Morgan fingerprint density at radius 1 is 1.28 bits per heavy atom. The maximum absolute atomic E-state index is 12.0. The van der Waals surface area contributed by atoms with Crippen LogP contribution in [0.1, 0.15) is 40.0 Å². The highest BCUT2D eigenvalue weighted by atomic mass is 32.2. The third-order valence-electron chi connectivity index (χ3n) is 3.16. The number of rotatable bonds is 7. The molecule has 0 saturated carbocycles. The quantitative estimate of drug-likeness (QED) is 0.681. The fraction of sp³-hybridized carbons (Fsp3) is 1.00. The molecule has 0 radical (unpaired) electrons. The van der Waals surface area contributed by atoms with Gasteiger partial charge in [-0.1, -0.05) is 6.92 Å². The van der Waals surface area contributed by atoms with Gasteiger partial charge in [0.15, 0.2) is 0 Å². The second-order valence-corrected chi connectivity index (χ2v) is 7.03. The first-order valence-corrected chi connectivity index (χ1v) is 8.37. The molecule has 5 nitrogen and oxygen atoms in total. The molecule has 108 valence electrons. The molecular weight excluding hydrogens is 250 g/mol. The zero-order valence-electron chi connectivity index (χ0n) is 11.8. The van der Waals surface area contributed by atoms with Crippen LogP contribution in [-0.2, 0) is 10.2 Å². The van der Waals surface area contributed by atoms with Crippen molar-refractivity contribution in [1.29, 1.82) is 0 Å². The molecule has 0 aliphatic carbocycles. The Hall–Kier alpha value is -0.170. The summed E-state index contributed by atoms with van der Waals surface area (Å²) in [5.74, 6) is 0.613. The highest BCUT2D eigenvalue weighted by Crippen LogP contribution is 2.18. The van der Waals surface area contributed by atoms with Crippen LogP contribution in [0.3, 0.4) is 0 Å². The fourth-order valence-electron chi connectivity index (χ4n) is 2.21. The summed E-state index contributed by atoms with van der Waals surface area (Å²) in [4.78, 5) is 0. The molecule has 1 heterocycles. The topological polar surface area (TPSA) is 61.4 Å². The average Bonchev–Trinajstić information content (AvgIpc) is 2.28. The van der Waals surface area contributed by atoms with Crippen molar-refractivity contribution in [1.82, 2.24) is 14.3 Å². The SMILES string of the molecule is CCCNCC1CCN(S(=O)(=O)NC(C)C)CC1. The molecule has 1 rings (SSSR count). The molecule has 0 aromatic carbocycles. The Balaban J connectivity index is 2.34. The van der Waals surface area contributed by atoms with Gasteiger partial charge in [-0.3, -0.25) is 0 Å². The monoisotopic (exact) mass is 277 g/mol. The summed E-state index contributed by atoms with van der Waals surface area (Å²) in [6, 6.07) is -0.0426. The zero-order valence-corrected chi connectivity index (χ0v) is 12.6. The summed E-state index contributed by atoms with van der Waals surface area (Å²) < 4.78 is 28.1. The summed E-state index contributed by atoms with van der Waals surface area (Å²) in [5.41, 5.74) is 0. The number of piperidine rings is 1. The first kappa shape index (κ1) is 15.9. The Bertz CT molecular complexity index is 322. The van der Waals surface area contributed by atoms with E-state index in [4.69, 9.17) is 0 Å². The molecule has 1 aliphatic rings. The van der Waals surface area contributed by atoms with Crippen LogP contribution in [0.15, 0.2) is 0 Å². The van der Waals surface area contributed by atoms with Crippen LogP contribution >= 0.6 is 0 Å². The van der Waals surface area contributed by atoms with Crippen LogP contribution < -0.4 is 10.0 Å². The van der Waals surface area contributed by atoms with Crippen LogP contribution in [0.4, 0.5) is 0 Å². The van der Waals surface area contributed by atoms with Gasteiger partial charge in [0.2, 0.25) is 0 Å². The van der Waals surface area contributed by atoms with E-state index in [9.17, 15) is 8.42 Å². The van der Waals surface area contributed by atoms with Gasteiger partial charge in [-0.25, -0.2) is 0 Å². The lowest BCUT2D eigenvalue weighted by Crippen LogP contribution is -2.47. The van der Waals surface area contributed by atoms with E-state index < -0.39 is 10.2 Å². The van der Waals surface area contributed by atoms with E-state index in [2.05, 4.69) is 17.0 Å². The highest BCUT2D eigenvalue weighted by Gasteiger charge is 2.27. The van der Waals surface area contributed by atoms with Crippen molar-refractivity contribution < 1.29 is 8.42 Å². The van der Waals surface area contributed by atoms with Crippen LogP contribution in [0, 0.1) is 5.92 Å². The van der Waals surface area contributed by atoms with Gasteiger partial charge in [0, 0.05) is 19.1 Å². The fourth-order valence-corrected chi connectivity index (χ4v) is 3.65. The second kappa shape index (κ2) is 7.43. The van der Waals surface area contributed by atoms with Crippen LogP contribution in [0.2, 0.25) is 0 Å². The standard InChI is InChI=1S/C12H27N3O2S/c1-4-7-13-10-12-5-8-15(9-6-12)18(16,17)14-11(2)3/h11-14H,4-10H2,1-3H3. The lowest BCUT2D eigenvalue weighted by Gasteiger charge is -2.31. The van der Waals surface area contributed by atoms with E-state index >= 15 is 0 Å². The van der Waals surface area contributed by atoms with Crippen LogP contribution in [0.25, 0.3) is 0 Å². The first-order valence-electron chi connectivity index (χ1n) is 6.93. The Kier molecular flexibility index (Phi) is 6.55. The summed E-state index contributed by atoms with van der Waals surface area (Å²) >= 11 is 0. The molecule has 0 unspecified atom stereocenters.